The Morgan fingerprint density at radius 1 is 1.38 bits per heavy atom. The molecule has 8 nitrogen and oxygen atoms in total. The summed E-state index contributed by atoms with van der Waals surface area (Å²) in [5.41, 5.74) is 2.81. The van der Waals surface area contributed by atoms with Crippen molar-refractivity contribution in [2.45, 2.75) is 19.3 Å². The number of ether oxygens (including phenoxy) is 1. The van der Waals surface area contributed by atoms with Crippen LogP contribution in [0.5, 0.6) is 0 Å². The number of anilines is 1. The third-order valence-electron chi connectivity index (χ3n) is 4.47. The number of esters is 1. The van der Waals surface area contributed by atoms with E-state index in [0.29, 0.717) is 11.4 Å². The molecule has 26 heavy (non-hydrogen) atoms. The second-order valence-electron chi connectivity index (χ2n) is 6.15. The lowest BCUT2D eigenvalue weighted by atomic mass is 9.89. The van der Waals surface area contributed by atoms with Gasteiger partial charge in [-0.3, -0.25) is 9.89 Å². The molecule has 3 aromatic heterocycles. The fourth-order valence-electron chi connectivity index (χ4n) is 3.30. The number of aromatic amines is 1. The zero-order valence-corrected chi connectivity index (χ0v) is 14.3. The fraction of sp³-hybridized carbons (Fsp3) is 0.222. The molecule has 1 aliphatic heterocycles. The summed E-state index contributed by atoms with van der Waals surface area (Å²) in [6.07, 6.45) is 3.83. The fourth-order valence-corrected chi connectivity index (χ4v) is 3.30. The summed E-state index contributed by atoms with van der Waals surface area (Å²) >= 11 is 0. The Balaban J connectivity index is 1.86. The molecule has 0 spiro atoms. The molecule has 1 aliphatic rings. The number of hydrogen-bond acceptors (Lipinski definition) is 5. The molecule has 4 heterocycles. The molecule has 0 bridgehead atoms. The first-order chi connectivity index (χ1) is 12.6. The highest BCUT2D eigenvalue weighted by atomic mass is 16.5. The van der Waals surface area contributed by atoms with Crippen molar-refractivity contribution in [3.8, 4) is 5.82 Å². The first-order valence-corrected chi connectivity index (χ1v) is 8.15. The standard InChI is InChI=1S/C18H17N5O3/c1-10-5-6-19-13(8-10)23-7-3-4-12(23)11-9-14(24)20-17-15(11)16(21-22-17)18(25)26-2/h3-8,11H,9H2,1-2H3,(H2,20,21,22,24). The van der Waals surface area contributed by atoms with Crippen molar-refractivity contribution in [1.29, 1.82) is 0 Å². The molecular weight excluding hydrogens is 334 g/mol. The number of nitrogens with zero attached hydrogens (tertiary/aromatic N) is 3. The van der Waals surface area contributed by atoms with Crippen molar-refractivity contribution < 1.29 is 14.3 Å². The monoisotopic (exact) mass is 351 g/mol. The van der Waals surface area contributed by atoms with Crippen LogP contribution in [0.1, 0.15) is 39.6 Å². The van der Waals surface area contributed by atoms with E-state index in [9.17, 15) is 9.59 Å². The minimum absolute atomic E-state index is 0.157. The van der Waals surface area contributed by atoms with E-state index in [2.05, 4.69) is 20.5 Å². The highest BCUT2D eigenvalue weighted by Gasteiger charge is 2.35. The number of pyridine rings is 1. The number of H-pyrrole nitrogens is 1. The molecule has 0 aromatic carbocycles. The van der Waals surface area contributed by atoms with Gasteiger partial charge in [0.15, 0.2) is 5.82 Å². The van der Waals surface area contributed by atoms with Crippen molar-refractivity contribution >= 4 is 17.7 Å². The van der Waals surface area contributed by atoms with Gasteiger partial charge in [0, 0.05) is 36.0 Å². The lowest BCUT2D eigenvalue weighted by molar-refractivity contribution is -0.116. The van der Waals surface area contributed by atoms with Crippen molar-refractivity contribution in [2.75, 3.05) is 12.4 Å². The zero-order chi connectivity index (χ0) is 18.3. The largest absolute Gasteiger partial charge is 0.464 e. The molecule has 8 heteroatoms. The minimum atomic E-state index is -0.522. The van der Waals surface area contributed by atoms with Crippen molar-refractivity contribution in [3.05, 3.63) is 59.2 Å². The molecule has 0 saturated heterocycles. The molecule has 0 aliphatic carbocycles. The van der Waals surface area contributed by atoms with Crippen LogP contribution >= 0.6 is 0 Å². The predicted molar refractivity (Wildman–Crippen MR) is 93.3 cm³/mol. The quantitative estimate of drug-likeness (QED) is 0.704. The predicted octanol–water partition coefficient (Wildman–Crippen LogP) is 2.16. The van der Waals surface area contributed by atoms with Gasteiger partial charge >= 0.3 is 5.97 Å². The minimum Gasteiger partial charge on any atom is -0.464 e. The number of amides is 1. The zero-order valence-electron chi connectivity index (χ0n) is 14.3. The third kappa shape index (κ3) is 2.55. The normalized spacial score (nSPS) is 16.1. The summed E-state index contributed by atoms with van der Waals surface area (Å²) < 4.78 is 6.77. The number of rotatable bonds is 3. The van der Waals surface area contributed by atoms with E-state index in [1.165, 1.54) is 7.11 Å². The molecule has 3 aromatic rings. The van der Waals surface area contributed by atoms with Gasteiger partial charge in [0.2, 0.25) is 5.91 Å². The van der Waals surface area contributed by atoms with Gasteiger partial charge in [0.25, 0.3) is 0 Å². The highest BCUT2D eigenvalue weighted by molar-refractivity contribution is 5.98. The Morgan fingerprint density at radius 2 is 2.23 bits per heavy atom. The molecule has 132 valence electrons. The molecule has 0 fully saturated rings. The molecule has 1 amide bonds. The van der Waals surface area contributed by atoms with E-state index < -0.39 is 5.97 Å². The van der Waals surface area contributed by atoms with Gasteiger partial charge in [0.1, 0.15) is 11.5 Å². The van der Waals surface area contributed by atoms with Crippen molar-refractivity contribution in [2.24, 2.45) is 0 Å². The van der Waals surface area contributed by atoms with Crippen LogP contribution in [0.15, 0.2) is 36.7 Å². The van der Waals surface area contributed by atoms with E-state index in [1.54, 1.807) is 6.20 Å². The van der Waals surface area contributed by atoms with Gasteiger partial charge in [-0.2, -0.15) is 5.10 Å². The number of nitrogens with one attached hydrogen (secondary N) is 2. The van der Waals surface area contributed by atoms with Crippen molar-refractivity contribution in [1.82, 2.24) is 19.7 Å². The van der Waals surface area contributed by atoms with Crippen LogP contribution in [0, 0.1) is 6.92 Å². The lowest BCUT2D eigenvalue weighted by Crippen LogP contribution is -2.25. The number of carbonyl (C=O) groups excluding carboxylic acids is 2. The summed E-state index contributed by atoms with van der Waals surface area (Å²) in [5.74, 6) is 0.0863. The van der Waals surface area contributed by atoms with Crippen LogP contribution in [0.25, 0.3) is 5.82 Å². The van der Waals surface area contributed by atoms with Gasteiger partial charge in [-0.25, -0.2) is 9.78 Å². The first kappa shape index (κ1) is 16.1. The van der Waals surface area contributed by atoms with E-state index in [0.717, 1.165) is 17.1 Å². The molecule has 4 rings (SSSR count). The number of hydrogen-bond donors (Lipinski definition) is 2. The molecule has 1 atom stereocenters. The number of carbonyl (C=O) groups is 2. The maximum absolute atomic E-state index is 12.2. The Hall–Kier alpha value is -3.42. The highest BCUT2D eigenvalue weighted by Crippen LogP contribution is 2.39. The maximum atomic E-state index is 12.2. The van der Waals surface area contributed by atoms with Gasteiger partial charge < -0.3 is 14.6 Å². The second-order valence-corrected chi connectivity index (χ2v) is 6.15. The van der Waals surface area contributed by atoms with Crippen molar-refractivity contribution in [3.63, 3.8) is 0 Å². The SMILES string of the molecule is COC(=O)c1[nH]nc2c1C(c1cccn1-c1cc(C)ccn1)CC(=O)N2. The Bertz CT molecular complexity index is 1000. The van der Waals surface area contributed by atoms with Crippen LogP contribution in [-0.4, -0.2) is 38.7 Å². The number of aryl methyl sites for hydroxylation is 1. The van der Waals surface area contributed by atoms with Crippen LogP contribution in [0.4, 0.5) is 5.82 Å². The van der Waals surface area contributed by atoms with Gasteiger partial charge in [0.05, 0.1) is 7.11 Å². The lowest BCUT2D eigenvalue weighted by Gasteiger charge is -2.24. The average Bonchev–Trinajstić information content (AvgIpc) is 3.27. The number of methoxy groups -OCH3 is 1. The summed E-state index contributed by atoms with van der Waals surface area (Å²) in [6.45, 7) is 1.99. The van der Waals surface area contributed by atoms with E-state index in [1.807, 2.05) is 42.0 Å². The van der Waals surface area contributed by atoms with Crippen LogP contribution in [-0.2, 0) is 9.53 Å². The molecule has 2 N–H and O–H groups in total. The second kappa shape index (κ2) is 6.14. The van der Waals surface area contributed by atoms with Gasteiger partial charge in [-0.05, 0) is 36.8 Å². The molecule has 1 unspecified atom stereocenters. The third-order valence-corrected chi connectivity index (χ3v) is 4.47. The topological polar surface area (TPSA) is 102 Å². The number of fused-ring (bicyclic) bond motifs is 1. The van der Waals surface area contributed by atoms with E-state index in [-0.39, 0.29) is 23.9 Å². The van der Waals surface area contributed by atoms with Gasteiger partial charge in [-0.1, -0.05) is 0 Å². The Labute approximate surface area is 149 Å². The summed E-state index contributed by atoms with van der Waals surface area (Å²) in [4.78, 5) is 28.7. The van der Waals surface area contributed by atoms with Crippen LogP contribution in [0.3, 0.4) is 0 Å². The number of aromatic nitrogens is 4. The van der Waals surface area contributed by atoms with E-state index in [4.69, 9.17) is 4.74 Å². The molecule has 0 radical (unpaired) electrons. The Morgan fingerprint density at radius 3 is 3.00 bits per heavy atom. The average molecular weight is 351 g/mol. The maximum Gasteiger partial charge on any atom is 0.356 e. The first-order valence-electron chi connectivity index (χ1n) is 8.15. The molecular formula is C18H17N5O3. The van der Waals surface area contributed by atoms with Crippen LogP contribution < -0.4 is 5.32 Å². The Kier molecular flexibility index (Phi) is 3.80. The van der Waals surface area contributed by atoms with Gasteiger partial charge in [-0.15, -0.1) is 0 Å². The summed E-state index contributed by atoms with van der Waals surface area (Å²) in [6, 6.07) is 7.70. The van der Waals surface area contributed by atoms with Crippen LogP contribution in [0.2, 0.25) is 0 Å². The molecule has 0 saturated carbocycles. The van der Waals surface area contributed by atoms with E-state index >= 15 is 0 Å². The summed E-state index contributed by atoms with van der Waals surface area (Å²) in [5, 5.41) is 9.46. The smallest absolute Gasteiger partial charge is 0.356 e. The summed E-state index contributed by atoms with van der Waals surface area (Å²) in [7, 11) is 1.31.